The number of ketones is 1. The molecule has 1 aromatic carbocycles. The molecule has 0 aliphatic carbocycles. The van der Waals surface area contributed by atoms with Gasteiger partial charge in [-0.05, 0) is 34.1 Å². The highest BCUT2D eigenvalue weighted by Gasteiger charge is 2.15. The van der Waals surface area contributed by atoms with E-state index in [1.54, 1.807) is 17.4 Å². The molecule has 0 bridgehead atoms. The molecule has 0 amide bonds. The smallest absolute Gasteiger partial charge is 0.179 e. The molecule has 0 unspecified atom stereocenters. The van der Waals surface area contributed by atoms with Gasteiger partial charge in [-0.3, -0.25) is 4.79 Å². The fraction of sp³-hybridized carbons (Fsp3) is 0.0769. The Hall–Kier alpha value is -1.46. The molecular formula is C13H8BrNO2S. The summed E-state index contributed by atoms with van der Waals surface area (Å²) in [5.74, 6) is 0.00896. The number of benzene rings is 1. The van der Waals surface area contributed by atoms with E-state index in [4.69, 9.17) is 4.42 Å². The Morgan fingerprint density at radius 1 is 1.33 bits per heavy atom. The van der Waals surface area contributed by atoms with Gasteiger partial charge in [0, 0.05) is 0 Å². The Morgan fingerprint density at radius 3 is 2.89 bits per heavy atom. The van der Waals surface area contributed by atoms with Crippen molar-refractivity contribution < 1.29 is 9.21 Å². The average Bonchev–Trinajstić information content (AvgIpc) is 2.94. The highest BCUT2D eigenvalue weighted by Crippen LogP contribution is 2.24. The summed E-state index contributed by atoms with van der Waals surface area (Å²) in [4.78, 5) is 16.5. The minimum Gasteiger partial charge on any atom is -0.457 e. The fourth-order valence-corrected chi connectivity index (χ4v) is 3.15. The third-order valence-electron chi connectivity index (χ3n) is 2.57. The lowest BCUT2D eigenvalue weighted by Gasteiger charge is -1.94. The van der Waals surface area contributed by atoms with Gasteiger partial charge in [0.2, 0.25) is 0 Å². The molecule has 3 aromatic rings. The Morgan fingerprint density at radius 2 is 2.17 bits per heavy atom. The molecule has 0 spiro atoms. The Balaban J connectivity index is 1.88. The van der Waals surface area contributed by atoms with Crippen LogP contribution in [0.5, 0.6) is 0 Å². The van der Waals surface area contributed by atoms with E-state index < -0.39 is 0 Å². The molecule has 0 fully saturated rings. The van der Waals surface area contributed by atoms with E-state index in [9.17, 15) is 4.79 Å². The maximum Gasteiger partial charge on any atom is 0.179 e. The number of Topliss-reactive ketones (excluding diaryl/α,β-unsaturated/α-hetero) is 1. The van der Waals surface area contributed by atoms with Crippen molar-refractivity contribution in [2.45, 2.75) is 6.42 Å². The van der Waals surface area contributed by atoms with E-state index in [1.807, 2.05) is 24.3 Å². The highest BCUT2D eigenvalue weighted by atomic mass is 79.9. The van der Waals surface area contributed by atoms with Crippen LogP contribution < -0.4 is 0 Å². The highest BCUT2D eigenvalue weighted by molar-refractivity contribution is 9.10. The van der Waals surface area contributed by atoms with Crippen LogP contribution in [0.3, 0.4) is 0 Å². The van der Waals surface area contributed by atoms with Crippen LogP contribution in [0, 0.1) is 0 Å². The minimum atomic E-state index is 0.00896. The van der Waals surface area contributed by atoms with Crippen molar-refractivity contribution in [3.63, 3.8) is 0 Å². The predicted molar refractivity (Wildman–Crippen MR) is 74.1 cm³/mol. The summed E-state index contributed by atoms with van der Waals surface area (Å²) in [6, 6.07) is 9.54. The van der Waals surface area contributed by atoms with Crippen molar-refractivity contribution in [1.82, 2.24) is 4.98 Å². The first-order valence-corrected chi connectivity index (χ1v) is 6.95. The monoisotopic (exact) mass is 321 g/mol. The molecule has 0 saturated carbocycles. The second-order valence-corrected chi connectivity index (χ2v) is 5.62. The number of furan rings is 1. The van der Waals surface area contributed by atoms with Gasteiger partial charge in [-0.25, -0.2) is 4.98 Å². The van der Waals surface area contributed by atoms with Gasteiger partial charge in [-0.2, -0.15) is 0 Å². The zero-order chi connectivity index (χ0) is 12.5. The van der Waals surface area contributed by atoms with Gasteiger partial charge in [0.25, 0.3) is 0 Å². The number of nitrogens with zero attached hydrogens (tertiary/aromatic N) is 1. The molecule has 0 atom stereocenters. The number of thiazole rings is 1. The number of aromatic nitrogens is 1. The quantitative estimate of drug-likeness (QED) is 0.683. The Kier molecular flexibility index (Phi) is 3.01. The normalized spacial score (nSPS) is 10.9. The Bertz CT molecular complexity index is 683. The minimum absolute atomic E-state index is 0.00896. The first kappa shape index (κ1) is 11.6. The SMILES string of the molecule is O=C(Cc1nc2ccccc2s1)c1ccoc1Br. The molecular weight excluding hydrogens is 314 g/mol. The second kappa shape index (κ2) is 4.66. The Labute approximate surface area is 116 Å². The largest absolute Gasteiger partial charge is 0.457 e. The number of hydrogen-bond acceptors (Lipinski definition) is 4. The van der Waals surface area contributed by atoms with E-state index in [0.29, 0.717) is 16.7 Å². The van der Waals surface area contributed by atoms with Crippen LogP contribution in [-0.4, -0.2) is 10.8 Å². The van der Waals surface area contributed by atoms with Crippen molar-refractivity contribution in [2.24, 2.45) is 0 Å². The summed E-state index contributed by atoms with van der Waals surface area (Å²) in [5.41, 5.74) is 1.51. The van der Waals surface area contributed by atoms with E-state index >= 15 is 0 Å². The lowest BCUT2D eigenvalue weighted by Crippen LogP contribution is -2.02. The van der Waals surface area contributed by atoms with Crippen molar-refractivity contribution in [3.8, 4) is 0 Å². The third kappa shape index (κ3) is 2.11. The second-order valence-electron chi connectivity index (χ2n) is 3.78. The molecule has 0 radical (unpaired) electrons. The first-order chi connectivity index (χ1) is 8.74. The number of hydrogen-bond donors (Lipinski definition) is 0. The summed E-state index contributed by atoms with van der Waals surface area (Å²) in [7, 11) is 0. The number of carbonyl (C=O) groups excluding carboxylic acids is 1. The van der Waals surface area contributed by atoms with Gasteiger partial charge in [0.15, 0.2) is 10.5 Å². The predicted octanol–water partition coefficient (Wildman–Crippen LogP) is 4.08. The maximum atomic E-state index is 12.0. The standard InChI is InChI=1S/C13H8BrNO2S/c14-13-8(5-6-17-13)10(16)7-12-15-9-3-1-2-4-11(9)18-12/h1-6H,7H2. The molecule has 3 rings (SSSR count). The zero-order valence-electron chi connectivity index (χ0n) is 9.22. The fourth-order valence-electron chi connectivity index (χ4n) is 1.72. The number of halogens is 1. The van der Waals surface area contributed by atoms with Gasteiger partial charge in [0.1, 0.15) is 5.01 Å². The van der Waals surface area contributed by atoms with Gasteiger partial charge in [-0.1, -0.05) is 12.1 Å². The van der Waals surface area contributed by atoms with Crippen LogP contribution in [0.2, 0.25) is 0 Å². The topological polar surface area (TPSA) is 43.1 Å². The number of para-hydroxylation sites is 1. The van der Waals surface area contributed by atoms with Crippen molar-refractivity contribution in [3.05, 3.63) is 51.8 Å². The van der Waals surface area contributed by atoms with Crippen LogP contribution >= 0.6 is 27.3 Å². The third-order valence-corrected chi connectivity index (χ3v) is 4.22. The summed E-state index contributed by atoms with van der Waals surface area (Å²) >= 11 is 4.76. The molecule has 0 N–H and O–H groups in total. The van der Waals surface area contributed by atoms with Crippen molar-refractivity contribution in [2.75, 3.05) is 0 Å². The van der Waals surface area contributed by atoms with Crippen molar-refractivity contribution >= 4 is 43.3 Å². The van der Waals surface area contributed by atoms with E-state index in [1.165, 1.54) is 6.26 Å². The van der Waals surface area contributed by atoms with Gasteiger partial charge < -0.3 is 4.42 Å². The van der Waals surface area contributed by atoms with Gasteiger partial charge >= 0.3 is 0 Å². The first-order valence-electron chi connectivity index (χ1n) is 5.34. The van der Waals surface area contributed by atoms with Crippen LogP contribution in [0.4, 0.5) is 0 Å². The van der Waals surface area contributed by atoms with Crippen molar-refractivity contribution in [1.29, 1.82) is 0 Å². The molecule has 2 heterocycles. The average molecular weight is 322 g/mol. The lowest BCUT2D eigenvalue weighted by molar-refractivity contribution is 0.0991. The molecule has 0 saturated heterocycles. The molecule has 2 aromatic heterocycles. The molecule has 3 nitrogen and oxygen atoms in total. The summed E-state index contributed by atoms with van der Waals surface area (Å²) in [5, 5.41) is 0.828. The maximum absolute atomic E-state index is 12.0. The summed E-state index contributed by atoms with van der Waals surface area (Å²) < 4.78 is 6.64. The summed E-state index contributed by atoms with van der Waals surface area (Å²) in [6.45, 7) is 0. The molecule has 5 heteroatoms. The zero-order valence-corrected chi connectivity index (χ0v) is 11.6. The van der Waals surface area contributed by atoms with Gasteiger partial charge in [0.05, 0.1) is 28.5 Å². The van der Waals surface area contributed by atoms with E-state index in [-0.39, 0.29) is 5.78 Å². The molecule has 0 aliphatic heterocycles. The summed E-state index contributed by atoms with van der Waals surface area (Å²) in [6.07, 6.45) is 1.80. The van der Waals surface area contributed by atoms with Crippen LogP contribution in [0.1, 0.15) is 15.4 Å². The van der Waals surface area contributed by atoms with Crippen LogP contribution in [0.15, 0.2) is 45.7 Å². The number of carbonyl (C=O) groups is 1. The van der Waals surface area contributed by atoms with E-state index in [2.05, 4.69) is 20.9 Å². The number of rotatable bonds is 3. The molecule has 90 valence electrons. The molecule has 0 aliphatic rings. The van der Waals surface area contributed by atoms with Crippen LogP contribution in [0.25, 0.3) is 10.2 Å². The van der Waals surface area contributed by atoms with Gasteiger partial charge in [-0.15, -0.1) is 11.3 Å². The van der Waals surface area contributed by atoms with Crippen LogP contribution in [-0.2, 0) is 6.42 Å². The number of fused-ring (bicyclic) bond motifs is 1. The molecule has 18 heavy (non-hydrogen) atoms. The lowest BCUT2D eigenvalue weighted by atomic mass is 10.2. The van der Waals surface area contributed by atoms with E-state index in [0.717, 1.165) is 15.2 Å².